The van der Waals surface area contributed by atoms with Gasteiger partial charge >= 0.3 is 0 Å². The van der Waals surface area contributed by atoms with Crippen molar-refractivity contribution in [3.8, 4) is 0 Å². The maximum Gasteiger partial charge on any atom is 0.241 e. The highest BCUT2D eigenvalue weighted by Crippen LogP contribution is 2.23. The Morgan fingerprint density at radius 1 is 1.29 bits per heavy atom. The Morgan fingerprint density at radius 3 is 2.87 bits per heavy atom. The van der Waals surface area contributed by atoms with Gasteiger partial charge in [-0.25, -0.2) is 9.97 Å². The minimum absolute atomic E-state index is 0.148. The smallest absolute Gasteiger partial charge is 0.241 e. The SMILES string of the molecule is NC(=O)C1CN(CC=Cc2ccc(Cl)s2)CC(=O)N1Cc1ccc2c(N)ncnc2c1. The normalized spacial score (nSPS) is 17.6. The predicted octanol–water partition coefficient (Wildman–Crippen LogP) is 2.14. The molecule has 1 aromatic carbocycles. The molecule has 4 rings (SSSR count). The van der Waals surface area contributed by atoms with Crippen LogP contribution in [-0.2, 0) is 16.1 Å². The summed E-state index contributed by atoms with van der Waals surface area (Å²) in [5.41, 5.74) is 13.0. The van der Waals surface area contributed by atoms with Gasteiger partial charge in [-0.05, 0) is 35.9 Å². The van der Waals surface area contributed by atoms with Crippen LogP contribution >= 0.6 is 22.9 Å². The fourth-order valence-electron chi connectivity index (χ4n) is 3.60. The van der Waals surface area contributed by atoms with Gasteiger partial charge in [-0.2, -0.15) is 0 Å². The zero-order chi connectivity index (χ0) is 22.0. The van der Waals surface area contributed by atoms with Crippen LogP contribution in [-0.4, -0.2) is 57.3 Å². The molecule has 3 aromatic rings. The van der Waals surface area contributed by atoms with E-state index >= 15 is 0 Å². The average molecular weight is 457 g/mol. The van der Waals surface area contributed by atoms with Gasteiger partial charge in [0.1, 0.15) is 18.2 Å². The molecule has 8 nitrogen and oxygen atoms in total. The first-order valence-corrected chi connectivity index (χ1v) is 10.8. The van der Waals surface area contributed by atoms with Crippen molar-refractivity contribution >= 4 is 57.5 Å². The predicted molar refractivity (Wildman–Crippen MR) is 122 cm³/mol. The van der Waals surface area contributed by atoms with Crippen LogP contribution in [0.1, 0.15) is 10.4 Å². The van der Waals surface area contributed by atoms with Gasteiger partial charge in [0.05, 0.1) is 16.4 Å². The third-order valence-electron chi connectivity index (χ3n) is 5.14. The van der Waals surface area contributed by atoms with Crippen LogP contribution in [0.3, 0.4) is 0 Å². The Morgan fingerprint density at radius 2 is 2.13 bits per heavy atom. The van der Waals surface area contributed by atoms with E-state index in [0.29, 0.717) is 24.4 Å². The third-order valence-corrected chi connectivity index (χ3v) is 6.34. The molecule has 1 unspecified atom stereocenters. The Kier molecular flexibility index (Phi) is 6.17. The fourth-order valence-corrected chi connectivity index (χ4v) is 4.59. The quantitative estimate of drug-likeness (QED) is 0.586. The number of nitrogens with two attached hydrogens (primary N) is 2. The Hall–Kier alpha value is -3.01. The second-order valence-electron chi connectivity index (χ2n) is 7.29. The summed E-state index contributed by atoms with van der Waals surface area (Å²) in [6, 6.07) is 8.58. The van der Waals surface area contributed by atoms with Crippen molar-refractivity contribution in [1.29, 1.82) is 0 Å². The number of rotatable bonds is 6. The summed E-state index contributed by atoms with van der Waals surface area (Å²) in [6.45, 7) is 1.38. The summed E-state index contributed by atoms with van der Waals surface area (Å²) in [4.78, 5) is 37.7. The Bertz CT molecular complexity index is 1160. The number of aromatic nitrogens is 2. The van der Waals surface area contributed by atoms with Crippen molar-refractivity contribution in [2.45, 2.75) is 12.6 Å². The van der Waals surface area contributed by atoms with Gasteiger partial charge in [0.25, 0.3) is 0 Å². The first-order chi connectivity index (χ1) is 14.9. The summed E-state index contributed by atoms with van der Waals surface area (Å²) in [7, 11) is 0. The number of thiophene rings is 1. The maximum atomic E-state index is 12.9. The number of primary amides is 1. The van der Waals surface area contributed by atoms with E-state index in [1.54, 1.807) is 0 Å². The van der Waals surface area contributed by atoms with Gasteiger partial charge in [0.2, 0.25) is 11.8 Å². The van der Waals surface area contributed by atoms with Crippen LogP contribution in [0.2, 0.25) is 4.34 Å². The molecular formula is C21H21ClN6O2S. The molecule has 1 fully saturated rings. The lowest BCUT2D eigenvalue weighted by Gasteiger charge is -2.39. The van der Waals surface area contributed by atoms with Crippen LogP contribution in [0.5, 0.6) is 0 Å². The van der Waals surface area contributed by atoms with Crippen LogP contribution < -0.4 is 11.5 Å². The van der Waals surface area contributed by atoms with Crippen LogP contribution in [0.4, 0.5) is 5.82 Å². The first kappa shape index (κ1) is 21.2. The van der Waals surface area contributed by atoms with Crippen molar-refractivity contribution < 1.29 is 9.59 Å². The molecule has 0 aliphatic carbocycles. The number of nitrogen functional groups attached to an aromatic ring is 1. The molecule has 4 N–H and O–H groups in total. The number of hydrogen-bond donors (Lipinski definition) is 2. The molecule has 1 aliphatic heterocycles. The van der Waals surface area contributed by atoms with Gasteiger partial charge in [0, 0.05) is 29.9 Å². The number of hydrogen-bond acceptors (Lipinski definition) is 7. The number of anilines is 1. The first-order valence-electron chi connectivity index (χ1n) is 9.63. The lowest BCUT2D eigenvalue weighted by Crippen LogP contribution is -2.60. The Balaban J connectivity index is 1.46. The summed E-state index contributed by atoms with van der Waals surface area (Å²) < 4.78 is 0.722. The van der Waals surface area contributed by atoms with Crippen molar-refractivity contribution in [2.75, 3.05) is 25.4 Å². The van der Waals surface area contributed by atoms with E-state index in [2.05, 4.69) is 9.97 Å². The van der Waals surface area contributed by atoms with E-state index in [1.165, 1.54) is 22.6 Å². The molecule has 10 heteroatoms. The standard InChI is InChI=1S/C21H21ClN6O2S/c22-18-6-4-14(31-18)2-1-7-27-10-17(21(24)30)28(19(29)11-27)9-13-3-5-15-16(8-13)25-12-26-20(15)23/h1-6,8,12,17H,7,9-11H2,(H2,24,30)(H2,23,25,26). The minimum atomic E-state index is -0.711. The largest absolute Gasteiger partial charge is 0.383 e. The highest BCUT2D eigenvalue weighted by atomic mass is 35.5. The van der Waals surface area contributed by atoms with E-state index in [9.17, 15) is 9.59 Å². The van der Waals surface area contributed by atoms with E-state index in [-0.39, 0.29) is 19.0 Å². The number of piperazine rings is 1. The van der Waals surface area contributed by atoms with Crippen LogP contribution in [0.15, 0.2) is 42.7 Å². The van der Waals surface area contributed by atoms with Gasteiger partial charge in [-0.15, -0.1) is 11.3 Å². The van der Waals surface area contributed by atoms with E-state index < -0.39 is 11.9 Å². The van der Waals surface area contributed by atoms with Gasteiger partial charge in [-0.1, -0.05) is 23.7 Å². The summed E-state index contributed by atoms with van der Waals surface area (Å²) in [5, 5.41) is 0.743. The van der Waals surface area contributed by atoms with Crippen molar-refractivity contribution in [2.24, 2.45) is 5.73 Å². The molecule has 1 saturated heterocycles. The highest BCUT2D eigenvalue weighted by Gasteiger charge is 2.35. The number of fused-ring (bicyclic) bond motifs is 1. The zero-order valence-electron chi connectivity index (χ0n) is 16.6. The van der Waals surface area contributed by atoms with E-state index in [1.807, 2.05) is 47.4 Å². The van der Waals surface area contributed by atoms with Crippen molar-refractivity contribution in [1.82, 2.24) is 19.8 Å². The zero-order valence-corrected chi connectivity index (χ0v) is 18.1. The summed E-state index contributed by atoms with van der Waals surface area (Å²) in [6.07, 6.45) is 5.31. The average Bonchev–Trinajstić information content (AvgIpc) is 3.14. The molecule has 160 valence electrons. The van der Waals surface area contributed by atoms with Crippen LogP contribution in [0, 0.1) is 0 Å². The van der Waals surface area contributed by atoms with Gasteiger partial charge in [-0.3, -0.25) is 14.5 Å². The molecule has 0 radical (unpaired) electrons. The highest BCUT2D eigenvalue weighted by molar-refractivity contribution is 7.16. The molecule has 0 saturated carbocycles. The minimum Gasteiger partial charge on any atom is -0.383 e. The third kappa shape index (κ3) is 4.84. The molecular weight excluding hydrogens is 436 g/mol. The number of benzene rings is 1. The summed E-state index contributed by atoms with van der Waals surface area (Å²) in [5.74, 6) is -0.279. The molecule has 3 heterocycles. The Labute approximate surface area is 188 Å². The number of carbonyl (C=O) groups excluding carboxylic acids is 2. The second-order valence-corrected chi connectivity index (χ2v) is 9.04. The van der Waals surface area contributed by atoms with Crippen LogP contribution in [0.25, 0.3) is 17.0 Å². The molecule has 1 aliphatic rings. The number of halogens is 1. The second kappa shape index (κ2) is 9.01. The monoisotopic (exact) mass is 456 g/mol. The molecule has 0 spiro atoms. The number of nitrogens with zero attached hydrogens (tertiary/aromatic N) is 4. The van der Waals surface area contributed by atoms with Gasteiger partial charge in [0.15, 0.2) is 0 Å². The van der Waals surface area contributed by atoms with Gasteiger partial charge < -0.3 is 16.4 Å². The lowest BCUT2D eigenvalue weighted by molar-refractivity contribution is -0.146. The molecule has 2 aromatic heterocycles. The molecule has 2 amide bonds. The lowest BCUT2D eigenvalue weighted by atomic mass is 10.1. The summed E-state index contributed by atoms with van der Waals surface area (Å²) >= 11 is 7.42. The van der Waals surface area contributed by atoms with E-state index in [4.69, 9.17) is 23.1 Å². The molecule has 31 heavy (non-hydrogen) atoms. The molecule has 1 atom stereocenters. The number of amides is 2. The maximum absolute atomic E-state index is 12.9. The van der Waals surface area contributed by atoms with Crippen molar-refractivity contribution in [3.05, 3.63) is 57.5 Å². The van der Waals surface area contributed by atoms with E-state index in [0.717, 1.165) is 20.2 Å². The topological polar surface area (TPSA) is 118 Å². The molecule has 0 bridgehead atoms. The van der Waals surface area contributed by atoms with Crippen molar-refractivity contribution in [3.63, 3.8) is 0 Å². The number of carbonyl (C=O) groups is 2. The fraction of sp³-hybridized carbons (Fsp3) is 0.238.